The highest BCUT2D eigenvalue weighted by atomic mass is 32.1. The van der Waals surface area contributed by atoms with Crippen LogP contribution in [0.25, 0.3) is 0 Å². The van der Waals surface area contributed by atoms with E-state index in [0.717, 1.165) is 29.6 Å². The van der Waals surface area contributed by atoms with E-state index >= 15 is 0 Å². The summed E-state index contributed by atoms with van der Waals surface area (Å²) in [5.41, 5.74) is 1.04. The van der Waals surface area contributed by atoms with Gasteiger partial charge in [0.2, 0.25) is 5.95 Å². The minimum atomic E-state index is 0.226. The molecule has 1 atom stereocenters. The number of thiazole rings is 1. The Labute approximate surface area is 112 Å². The molecular formula is C13H20N4S. The van der Waals surface area contributed by atoms with E-state index in [9.17, 15) is 0 Å². The lowest BCUT2D eigenvalue weighted by Crippen LogP contribution is -2.12. The Morgan fingerprint density at radius 3 is 2.83 bits per heavy atom. The van der Waals surface area contributed by atoms with Crippen molar-refractivity contribution >= 4 is 17.3 Å². The van der Waals surface area contributed by atoms with Crippen molar-refractivity contribution in [1.82, 2.24) is 14.5 Å². The molecule has 0 aliphatic carbocycles. The van der Waals surface area contributed by atoms with Crippen molar-refractivity contribution in [3.63, 3.8) is 0 Å². The monoisotopic (exact) mass is 264 g/mol. The Bertz CT molecular complexity index is 515. The first-order chi connectivity index (χ1) is 8.61. The number of hydrogen-bond acceptors (Lipinski definition) is 4. The molecule has 4 nitrogen and oxygen atoms in total. The molecule has 2 rings (SSSR count). The maximum Gasteiger partial charge on any atom is 0.203 e. The predicted octanol–water partition coefficient (Wildman–Crippen LogP) is 3.39. The van der Waals surface area contributed by atoms with E-state index in [0.29, 0.717) is 0 Å². The minimum Gasteiger partial charge on any atom is -0.356 e. The number of anilines is 1. The summed E-state index contributed by atoms with van der Waals surface area (Å²) in [5.74, 6) is 0.940. The highest BCUT2D eigenvalue weighted by Crippen LogP contribution is 2.26. The number of hydrogen-bond donors (Lipinski definition) is 1. The van der Waals surface area contributed by atoms with Crippen molar-refractivity contribution in [2.45, 2.75) is 40.2 Å². The third kappa shape index (κ3) is 2.72. The van der Waals surface area contributed by atoms with Crippen LogP contribution in [0.15, 0.2) is 12.4 Å². The average molecular weight is 264 g/mol. The van der Waals surface area contributed by atoms with E-state index in [1.54, 1.807) is 11.3 Å². The highest BCUT2D eigenvalue weighted by molar-refractivity contribution is 7.11. The summed E-state index contributed by atoms with van der Waals surface area (Å²) in [7, 11) is 0. The highest BCUT2D eigenvalue weighted by Gasteiger charge is 2.15. The van der Waals surface area contributed by atoms with Gasteiger partial charge in [0.15, 0.2) is 0 Å². The van der Waals surface area contributed by atoms with Gasteiger partial charge in [0, 0.05) is 23.8 Å². The third-order valence-electron chi connectivity index (χ3n) is 2.80. The fourth-order valence-corrected chi connectivity index (χ4v) is 2.69. The van der Waals surface area contributed by atoms with Crippen molar-refractivity contribution in [3.05, 3.63) is 28.0 Å². The molecule has 1 unspecified atom stereocenters. The van der Waals surface area contributed by atoms with Gasteiger partial charge in [-0.15, -0.1) is 11.3 Å². The topological polar surface area (TPSA) is 42.7 Å². The van der Waals surface area contributed by atoms with E-state index in [1.807, 2.05) is 13.1 Å². The van der Waals surface area contributed by atoms with Gasteiger partial charge in [-0.1, -0.05) is 6.92 Å². The van der Waals surface area contributed by atoms with Crippen LogP contribution >= 0.6 is 11.3 Å². The average Bonchev–Trinajstić information content (AvgIpc) is 2.92. The zero-order valence-electron chi connectivity index (χ0n) is 11.4. The Morgan fingerprint density at radius 1 is 1.44 bits per heavy atom. The van der Waals surface area contributed by atoms with Gasteiger partial charge in [0.1, 0.15) is 5.01 Å². The van der Waals surface area contributed by atoms with Gasteiger partial charge >= 0.3 is 0 Å². The molecule has 0 aliphatic heterocycles. The van der Waals surface area contributed by atoms with E-state index < -0.39 is 0 Å². The number of rotatable bonds is 5. The largest absolute Gasteiger partial charge is 0.356 e. The number of aryl methyl sites for hydroxylation is 2. The number of nitrogens with one attached hydrogen (secondary N) is 1. The number of aromatic nitrogens is 3. The third-order valence-corrected chi connectivity index (χ3v) is 3.88. The Hall–Kier alpha value is -1.36. The summed E-state index contributed by atoms with van der Waals surface area (Å²) < 4.78 is 2.17. The van der Waals surface area contributed by atoms with Crippen LogP contribution in [0.2, 0.25) is 0 Å². The molecule has 0 saturated heterocycles. The van der Waals surface area contributed by atoms with Crippen molar-refractivity contribution in [1.29, 1.82) is 0 Å². The van der Waals surface area contributed by atoms with Crippen LogP contribution < -0.4 is 5.32 Å². The molecule has 0 spiro atoms. The minimum absolute atomic E-state index is 0.226. The fraction of sp³-hybridized carbons (Fsp3) is 0.538. The Kier molecular flexibility index (Phi) is 4.01. The van der Waals surface area contributed by atoms with Gasteiger partial charge in [-0.3, -0.25) is 0 Å². The van der Waals surface area contributed by atoms with E-state index in [2.05, 4.69) is 46.8 Å². The second-order valence-corrected chi connectivity index (χ2v) is 5.79. The van der Waals surface area contributed by atoms with Crippen LogP contribution in [-0.2, 0) is 0 Å². The molecule has 98 valence electrons. The smallest absolute Gasteiger partial charge is 0.203 e. The summed E-state index contributed by atoms with van der Waals surface area (Å²) in [4.78, 5) is 10.2. The maximum atomic E-state index is 4.53. The molecule has 0 fully saturated rings. The van der Waals surface area contributed by atoms with Crippen LogP contribution in [0.5, 0.6) is 0 Å². The van der Waals surface area contributed by atoms with Gasteiger partial charge in [0.05, 0.1) is 11.7 Å². The molecule has 18 heavy (non-hydrogen) atoms. The molecule has 2 aromatic heterocycles. The summed E-state index contributed by atoms with van der Waals surface area (Å²) in [6.45, 7) is 9.37. The van der Waals surface area contributed by atoms with Gasteiger partial charge in [-0.05, 0) is 27.2 Å². The van der Waals surface area contributed by atoms with Crippen LogP contribution in [-0.4, -0.2) is 21.1 Å². The molecule has 0 saturated carbocycles. The second kappa shape index (κ2) is 5.52. The molecule has 0 aromatic carbocycles. The summed E-state index contributed by atoms with van der Waals surface area (Å²) in [6, 6.07) is 0.226. The summed E-state index contributed by atoms with van der Waals surface area (Å²) in [6.07, 6.45) is 5.11. The van der Waals surface area contributed by atoms with Crippen LogP contribution in [0.1, 0.15) is 41.9 Å². The zero-order valence-corrected chi connectivity index (χ0v) is 12.2. The van der Waals surface area contributed by atoms with Crippen LogP contribution in [0.4, 0.5) is 5.95 Å². The fourth-order valence-electron chi connectivity index (χ4n) is 1.86. The standard InChI is InChI=1S/C13H20N4S/c1-5-6-14-13-16-9(2)8-17(13)11(4)12-15-7-10(3)18-12/h7-8,11H,5-6H2,1-4H3,(H,14,16). The van der Waals surface area contributed by atoms with Crippen LogP contribution in [0.3, 0.4) is 0 Å². The molecule has 0 aliphatic rings. The van der Waals surface area contributed by atoms with Crippen LogP contribution in [0, 0.1) is 13.8 Å². The van der Waals surface area contributed by atoms with Gasteiger partial charge in [-0.25, -0.2) is 9.97 Å². The molecule has 0 bridgehead atoms. The van der Waals surface area contributed by atoms with Gasteiger partial charge in [0.25, 0.3) is 0 Å². The Balaban J connectivity index is 2.26. The summed E-state index contributed by atoms with van der Waals surface area (Å²) >= 11 is 1.74. The molecule has 1 N–H and O–H groups in total. The van der Waals surface area contributed by atoms with Crippen molar-refractivity contribution in [3.8, 4) is 0 Å². The molecule has 0 radical (unpaired) electrons. The van der Waals surface area contributed by atoms with Gasteiger partial charge < -0.3 is 9.88 Å². The zero-order chi connectivity index (χ0) is 13.1. The first-order valence-electron chi connectivity index (χ1n) is 6.33. The van der Waals surface area contributed by atoms with Crippen molar-refractivity contribution < 1.29 is 0 Å². The molecular weight excluding hydrogens is 244 g/mol. The second-order valence-electron chi connectivity index (χ2n) is 4.53. The summed E-state index contributed by atoms with van der Waals surface area (Å²) in [5, 5.41) is 4.50. The lowest BCUT2D eigenvalue weighted by atomic mass is 10.3. The number of imidazole rings is 1. The predicted molar refractivity (Wildman–Crippen MR) is 76.4 cm³/mol. The SMILES string of the molecule is CCCNc1nc(C)cn1C(C)c1ncc(C)s1. The quantitative estimate of drug-likeness (QED) is 0.900. The first-order valence-corrected chi connectivity index (χ1v) is 7.15. The molecule has 2 heterocycles. The first kappa shape index (κ1) is 13.1. The molecule has 0 amide bonds. The normalized spacial score (nSPS) is 12.7. The van der Waals surface area contributed by atoms with Crippen molar-refractivity contribution in [2.75, 3.05) is 11.9 Å². The van der Waals surface area contributed by atoms with Gasteiger partial charge in [-0.2, -0.15) is 0 Å². The lowest BCUT2D eigenvalue weighted by Gasteiger charge is -2.14. The number of nitrogens with zero attached hydrogens (tertiary/aromatic N) is 3. The van der Waals surface area contributed by atoms with E-state index in [4.69, 9.17) is 0 Å². The Morgan fingerprint density at radius 2 is 2.22 bits per heavy atom. The van der Waals surface area contributed by atoms with E-state index in [-0.39, 0.29) is 6.04 Å². The van der Waals surface area contributed by atoms with Crippen molar-refractivity contribution in [2.24, 2.45) is 0 Å². The van der Waals surface area contributed by atoms with E-state index in [1.165, 1.54) is 4.88 Å². The lowest BCUT2D eigenvalue weighted by molar-refractivity contribution is 0.638. The molecule has 2 aromatic rings. The molecule has 5 heteroatoms. The maximum absolute atomic E-state index is 4.53.